The van der Waals surface area contributed by atoms with Crippen molar-refractivity contribution in [3.63, 3.8) is 0 Å². The minimum Gasteiger partial charge on any atom is -0.872 e. The maximum atomic E-state index is 13.5. The van der Waals surface area contributed by atoms with Crippen LogP contribution in [0.2, 0.25) is 0 Å². The summed E-state index contributed by atoms with van der Waals surface area (Å²) < 4.78 is 30.2. The van der Waals surface area contributed by atoms with Crippen LogP contribution in [-0.2, 0) is 14.3 Å². The Balaban J connectivity index is 1.70. The van der Waals surface area contributed by atoms with Gasteiger partial charge in [-0.05, 0) is 41.8 Å². The summed E-state index contributed by atoms with van der Waals surface area (Å²) in [4.78, 5) is 29.3. The van der Waals surface area contributed by atoms with E-state index in [1.807, 2.05) is 6.92 Å². The van der Waals surface area contributed by atoms with Gasteiger partial charge in [0.2, 0.25) is 5.78 Å². The number of ether oxygens (including phenoxy) is 3. The molecule has 1 atom stereocenters. The van der Waals surface area contributed by atoms with Gasteiger partial charge in [-0.3, -0.25) is 9.59 Å². The van der Waals surface area contributed by atoms with Crippen molar-refractivity contribution < 1.29 is 38.2 Å². The molecule has 0 spiro atoms. The van der Waals surface area contributed by atoms with Crippen LogP contribution in [0.15, 0.2) is 48.0 Å². The number of carbonyl (C=O) groups excluding carboxylic acids is 2. The first-order valence-electron chi connectivity index (χ1n) is 12.7. The number of hydrogen-bond donors (Lipinski definition) is 1. The van der Waals surface area contributed by atoms with Crippen molar-refractivity contribution in [3.8, 4) is 11.5 Å². The lowest BCUT2D eigenvalue weighted by Crippen LogP contribution is -3.14. The zero-order valence-corrected chi connectivity index (χ0v) is 21.3. The van der Waals surface area contributed by atoms with E-state index in [9.17, 15) is 19.1 Å². The molecule has 2 aromatic rings. The number of benzene rings is 2. The van der Waals surface area contributed by atoms with E-state index in [1.165, 1.54) is 29.0 Å². The molecule has 1 N–H and O–H groups in total. The number of carbonyl (C=O) groups is 2. The Morgan fingerprint density at radius 2 is 1.86 bits per heavy atom. The number of nitrogens with zero attached hydrogens (tertiary/aromatic N) is 1. The number of quaternary nitrogens is 1. The molecule has 2 aromatic carbocycles. The van der Waals surface area contributed by atoms with Crippen LogP contribution in [0.3, 0.4) is 0 Å². The molecule has 2 fully saturated rings. The van der Waals surface area contributed by atoms with E-state index < -0.39 is 29.3 Å². The molecule has 0 saturated carbocycles. The molecule has 9 heteroatoms. The van der Waals surface area contributed by atoms with Crippen molar-refractivity contribution in [3.05, 3.63) is 65.0 Å². The SMILES string of the molecule is CCCOc1ccc(C2/C(=C(\[O-])c3ccc(F)cc3)C(=O)C(=O)N2CCC[NH+]2CCOCC2)cc1OC. The van der Waals surface area contributed by atoms with E-state index in [0.29, 0.717) is 49.8 Å². The van der Waals surface area contributed by atoms with Crippen molar-refractivity contribution in [1.29, 1.82) is 0 Å². The molecule has 1 unspecified atom stereocenters. The average Bonchev–Trinajstić information content (AvgIpc) is 3.17. The van der Waals surface area contributed by atoms with Crippen LogP contribution in [0.1, 0.15) is 36.9 Å². The fourth-order valence-corrected chi connectivity index (χ4v) is 4.80. The predicted octanol–water partition coefficient (Wildman–Crippen LogP) is 1.15. The first kappa shape index (κ1) is 26.6. The Labute approximate surface area is 216 Å². The van der Waals surface area contributed by atoms with Gasteiger partial charge in [0.1, 0.15) is 18.9 Å². The zero-order valence-electron chi connectivity index (χ0n) is 21.3. The summed E-state index contributed by atoms with van der Waals surface area (Å²) in [5, 5.41) is 13.5. The third kappa shape index (κ3) is 5.94. The summed E-state index contributed by atoms with van der Waals surface area (Å²) in [6.45, 7) is 6.84. The van der Waals surface area contributed by atoms with Gasteiger partial charge in [-0.15, -0.1) is 0 Å². The van der Waals surface area contributed by atoms with Crippen LogP contribution in [0.25, 0.3) is 5.76 Å². The molecule has 2 aliphatic rings. The Hall–Kier alpha value is -3.43. The number of nitrogens with one attached hydrogen (secondary N) is 1. The molecule has 0 radical (unpaired) electrons. The Kier molecular flexibility index (Phi) is 8.78. The number of amides is 1. The average molecular weight is 513 g/mol. The summed E-state index contributed by atoms with van der Waals surface area (Å²) in [5.74, 6) is -1.63. The largest absolute Gasteiger partial charge is 0.872 e. The van der Waals surface area contributed by atoms with Gasteiger partial charge in [0.05, 0.1) is 39.5 Å². The van der Waals surface area contributed by atoms with Gasteiger partial charge < -0.3 is 29.1 Å². The van der Waals surface area contributed by atoms with Crippen LogP contribution in [0, 0.1) is 5.82 Å². The maximum absolute atomic E-state index is 13.5. The first-order chi connectivity index (χ1) is 17.9. The Bertz CT molecular complexity index is 1140. The Morgan fingerprint density at radius 3 is 2.54 bits per heavy atom. The standard InChI is InChI=1S/C28H33FN2O6/c1-3-15-37-22-10-7-20(18-23(22)35-2)25-24(26(32)19-5-8-21(29)9-6-19)27(33)28(34)31(25)12-4-11-30-13-16-36-17-14-30/h5-10,18,25,32H,3-4,11-17H2,1-2H3/b26-24+. The molecule has 0 bridgehead atoms. The normalized spacial score (nSPS) is 19.9. The number of likely N-dealkylation sites (tertiary alicyclic amines) is 1. The van der Waals surface area contributed by atoms with Crippen LogP contribution < -0.4 is 19.5 Å². The molecule has 2 saturated heterocycles. The number of Topliss-reactive ketones (excluding diaryl/α,β-unsaturated/α-hetero) is 1. The van der Waals surface area contributed by atoms with Gasteiger partial charge in [0.25, 0.3) is 5.91 Å². The number of halogens is 1. The third-order valence-electron chi connectivity index (χ3n) is 6.73. The summed E-state index contributed by atoms with van der Waals surface area (Å²) in [5.41, 5.74) is 0.584. The van der Waals surface area contributed by atoms with E-state index >= 15 is 0 Å². The number of hydrogen-bond acceptors (Lipinski definition) is 6. The highest BCUT2D eigenvalue weighted by molar-refractivity contribution is 6.46. The summed E-state index contributed by atoms with van der Waals surface area (Å²) >= 11 is 0. The molecule has 37 heavy (non-hydrogen) atoms. The molecule has 0 aromatic heterocycles. The highest BCUT2D eigenvalue weighted by atomic mass is 19.1. The highest BCUT2D eigenvalue weighted by Gasteiger charge is 2.44. The van der Waals surface area contributed by atoms with Gasteiger partial charge >= 0.3 is 0 Å². The lowest BCUT2D eigenvalue weighted by molar-refractivity contribution is -0.908. The van der Waals surface area contributed by atoms with Crippen molar-refractivity contribution in [1.82, 2.24) is 4.90 Å². The molecule has 2 aliphatic heterocycles. The molecule has 198 valence electrons. The van der Waals surface area contributed by atoms with Crippen LogP contribution in [0.4, 0.5) is 4.39 Å². The van der Waals surface area contributed by atoms with Gasteiger partial charge in [0.15, 0.2) is 11.5 Å². The molecular formula is C28H33FN2O6. The van der Waals surface area contributed by atoms with E-state index in [2.05, 4.69) is 0 Å². The van der Waals surface area contributed by atoms with Gasteiger partial charge in [-0.1, -0.05) is 30.9 Å². The monoisotopic (exact) mass is 512 g/mol. The van der Waals surface area contributed by atoms with E-state index in [4.69, 9.17) is 14.2 Å². The fourth-order valence-electron chi connectivity index (χ4n) is 4.80. The van der Waals surface area contributed by atoms with Crippen LogP contribution >= 0.6 is 0 Å². The van der Waals surface area contributed by atoms with Gasteiger partial charge in [-0.2, -0.15) is 0 Å². The van der Waals surface area contributed by atoms with Crippen LogP contribution in [-0.4, -0.2) is 69.7 Å². The summed E-state index contributed by atoms with van der Waals surface area (Å²) in [6, 6.07) is 9.28. The highest BCUT2D eigenvalue weighted by Crippen LogP contribution is 2.41. The number of methoxy groups -OCH3 is 1. The minimum atomic E-state index is -0.883. The molecule has 4 rings (SSSR count). The quantitative estimate of drug-likeness (QED) is 0.292. The summed E-state index contributed by atoms with van der Waals surface area (Å²) in [6.07, 6.45) is 1.48. The number of ketones is 1. The van der Waals surface area contributed by atoms with Crippen molar-refractivity contribution in [2.24, 2.45) is 0 Å². The Morgan fingerprint density at radius 1 is 1.14 bits per heavy atom. The second-order valence-electron chi connectivity index (χ2n) is 9.20. The van der Waals surface area contributed by atoms with Gasteiger partial charge in [0, 0.05) is 18.5 Å². The minimum absolute atomic E-state index is 0.139. The molecule has 0 aliphatic carbocycles. The first-order valence-corrected chi connectivity index (χ1v) is 12.7. The molecule has 1 amide bonds. The summed E-state index contributed by atoms with van der Waals surface area (Å²) in [7, 11) is 1.51. The van der Waals surface area contributed by atoms with Crippen molar-refractivity contribution in [2.75, 3.05) is 53.1 Å². The number of rotatable bonds is 10. The smallest absolute Gasteiger partial charge is 0.295 e. The van der Waals surface area contributed by atoms with Gasteiger partial charge in [-0.25, -0.2) is 4.39 Å². The lowest BCUT2D eigenvalue weighted by Gasteiger charge is -2.29. The van der Waals surface area contributed by atoms with Crippen molar-refractivity contribution in [2.45, 2.75) is 25.8 Å². The topological polar surface area (TPSA) is 92.6 Å². The van der Waals surface area contributed by atoms with E-state index in [0.717, 1.165) is 38.2 Å². The van der Waals surface area contributed by atoms with Crippen LogP contribution in [0.5, 0.6) is 11.5 Å². The zero-order chi connectivity index (χ0) is 26.4. The third-order valence-corrected chi connectivity index (χ3v) is 6.73. The molecule has 8 nitrogen and oxygen atoms in total. The van der Waals surface area contributed by atoms with E-state index in [-0.39, 0.29) is 11.1 Å². The lowest BCUT2D eigenvalue weighted by atomic mass is 9.95. The molecular weight excluding hydrogens is 479 g/mol. The second-order valence-corrected chi connectivity index (χ2v) is 9.20. The predicted molar refractivity (Wildman–Crippen MR) is 133 cm³/mol. The molecule has 2 heterocycles. The fraction of sp³-hybridized carbons (Fsp3) is 0.429. The second kappa shape index (κ2) is 12.2. The maximum Gasteiger partial charge on any atom is 0.295 e. The van der Waals surface area contributed by atoms with E-state index in [1.54, 1.807) is 18.2 Å². The van der Waals surface area contributed by atoms with Crippen molar-refractivity contribution >= 4 is 17.4 Å². The number of morpholine rings is 1.